The monoisotopic (exact) mass is 313 g/mol. The Kier molecular flexibility index (Phi) is 5.40. The molecule has 0 aliphatic heterocycles. The summed E-state index contributed by atoms with van der Waals surface area (Å²) in [7, 11) is -1.82. The van der Waals surface area contributed by atoms with Gasteiger partial charge in [0.25, 0.3) is 0 Å². The molecule has 1 atom stereocenters. The third-order valence-corrected chi connectivity index (χ3v) is 8.12. The number of aromatic nitrogens is 2. The van der Waals surface area contributed by atoms with Crippen LogP contribution in [0.1, 0.15) is 27.7 Å². The highest BCUT2D eigenvalue weighted by atomic mass is 28.4. The van der Waals surface area contributed by atoms with Crippen molar-refractivity contribution in [1.29, 1.82) is 0 Å². The van der Waals surface area contributed by atoms with Gasteiger partial charge in [0.15, 0.2) is 8.32 Å². The number of ether oxygens (including phenoxy) is 1. The van der Waals surface area contributed by atoms with Crippen LogP contribution in [0.4, 0.5) is 5.69 Å². The highest BCUT2D eigenvalue weighted by Crippen LogP contribution is 2.36. The van der Waals surface area contributed by atoms with Crippen LogP contribution in [0.5, 0.6) is 6.01 Å². The summed E-state index contributed by atoms with van der Waals surface area (Å²) in [6.45, 7) is 13.2. The lowest BCUT2D eigenvalue weighted by molar-refractivity contribution is -0.385. The molecule has 0 spiro atoms. The van der Waals surface area contributed by atoms with Gasteiger partial charge in [-0.1, -0.05) is 20.8 Å². The van der Waals surface area contributed by atoms with Crippen molar-refractivity contribution < 1.29 is 14.1 Å². The Morgan fingerprint density at radius 3 is 2.29 bits per heavy atom. The number of nitrogens with zero attached hydrogens (tertiary/aromatic N) is 3. The summed E-state index contributed by atoms with van der Waals surface area (Å²) in [6.07, 6.45) is 2.04. The van der Waals surface area contributed by atoms with Crippen LogP contribution in [0, 0.1) is 10.1 Å². The summed E-state index contributed by atoms with van der Waals surface area (Å²) in [5, 5.41) is 10.6. The molecule has 0 radical (unpaired) electrons. The van der Waals surface area contributed by atoms with E-state index in [0.29, 0.717) is 6.61 Å². The average molecular weight is 313 g/mol. The molecule has 1 rings (SSSR count). The zero-order valence-electron chi connectivity index (χ0n) is 13.4. The van der Waals surface area contributed by atoms with Crippen molar-refractivity contribution in [2.75, 3.05) is 6.61 Å². The molecule has 8 heteroatoms. The van der Waals surface area contributed by atoms with Gasteiger partial charge in [0.05, 0.1) is 11.5 Å². The van der Waals surface area contributed by atoms with Crippen molar-refractivity contribution >= 4 is 14.0 Å². The van der Waals surface area contributed by atoms with Crippen LogP contribution in [0.15, 0.2) is 12.4 Å². The van der Waals surface area contributed by atoms with E-state index in [1.165, 1.54) is 0 Å². The van der Waals surface area contributed by atoms with Gasteiger partial charge >= 0.3 is 11.7 Å². The fourth-order valence-corrected chi connectivity index (χ4v) is 2.31. The van der Waals surface area contributed by atoms with Crippen LogP contribution in [0.3, 0.4) is 0 Å². The average Bonchev–Trinajstić information content (AvgIpc) is 2.36. The maximum atomic E-state index is 10.5. The van der Waals surface area contributed by atoms with E-state index >= 15 is 0 Å². The first-order chi connectivity index (χ1) is 9.53. The maximum Gasteiger partial charge on any atom is 0.317 e. The first-order valence-corrected chi connectivity index (χ1v) is 9.71. The fourth-order valence-electron chi connectivity index (χ4n) is 1.22. The Bertz CT molecular complexity index is 485. The van der Waals surface area contributed by atoms with Gasteiger partial charge in [-0.15, -0.1) is 0 Å². The minimum atomic E-state index is -1.82. The lowest BCUT2D eigenvalue weighted by Gasteiger charge is -2.36. The predicted molar refractivity (Wildman–Crippen MR) is 81.9 cm³/mol. The summed E-state index contributed by atoms with van der Waals surface area (Å²) in [6, 6.07) is 0.118. The lowest BCUT2D eigenvalue weighted by Crippen LogP contribution is -2.43. The Labute approximate surface area is 126 Å². The van der Waals surface area contributed by atoms with Crippen LogP contribution in [0.25, 0.3) is 0 Å². The van der Waals surface area contributed by atoms with Gasteiger partial charge < -0.3 is 9.16 Å². The topological polar surface area (TPSA) is 87.4 Å². The molecule has 7 nitrogen and oxygen atoms in total. The number of rotatable bonds is 6. The maximum absolute atomic E-state index is 10.5. The third-order valence-electron chi connectivity index (χ3n) is 3.62. The number of nitro groups is 1. The molecule has 0 N–H and O–H groups in total. The van der Waals surface area contributed by atoms with Gasteiger partial charge in [-0.3, -0.25) is 10.1 Å². The van der Waals surface area contributed by atoms with E-state index in [1.807, 2.05) is 6.92 Å². The van der Waals surface area contributed by atoms with E-state index in [-0.39, 0.29) is 22.8 Å². The smallest absolute Gasteiger partial charge is 0.317 e. The Hall–Kier alpha value is -1.54. The molecule has 0 aliphatic carbocycles. The van der Waals surface area contributed by atoms with Crippen molar-refractivity contribution in [1.82, 2.24) is 9.97 Å². The molecule has 0 aliphatic rings. The normalized spacial score (nSPS) is 13.8. The zero-order chi connectivity index (χ0) is 16.3. The first-order valence-electron chi connectivity index (χ1n) is 6.80. The van der Waals surface area contributed by atoms with Gasteiger partial charge in [-0.2, -0.15) is 9.97 Å². The molecule has 118 valence electrons. The highest BCUT2D eigenvalue weighted by Gasteiger charge is 2.37. The summed E-state index contributed by atoms with van der Waals surface area (Å²) in [4.78, 5) is 17.6. The van der Waals surface area contributed by atoms with E-state index in [1.54, 1.807) is 0 Å². The molecule has 0 bridgehead atoms. The summed E-state index contributed by atoms with van der Waals surface area (Å²) < 4.78 is 11.5. The molecule has 0 unspecified atom stereocenters. The second-order valence-electron chi connectivity index (χ2n) is 6.48. The molecule has 0 amide bonds. The van der Waals surface area contributed by atoms with E-state index in [9.17, 15) is 10.1 Å². The van der Waals surface area contributed by atoms with Crippen molar-refractivity contribution in [3.63, 3.8) is 0 Å². The van der Waals surface area contributed by atoms with Crippen LogP contribution < -0.4 is 4.74 Å². The molecular formula is C13H23N3O4Si. The quantitative estimate of drug-likeness (QED) is 0.455. The Balaban J connectivity index is 2.54. The largest absolute Gasteiger partial charge is 0.458 e. The molecule has 0 aromatic carbocycles. The minimum absolute atomic E-state index is 0.118. The van der Waals surface area contributed by atoms with Gasteiger partial charge in [0, 0.05) is 0 Å². The van der Waals surface area contributed by atoms with Gasteiger partial charge in [0.2, 0.25) is 0 Å². The molecule has 0 saturated carbocycles. The number of hydrogen-bond donors (Lipinski definition) is 0. The molecule has 21 heavy (non-hydrogen) atoms. The van der Waals surface area contributed by atoms with E-state index in [4.69, 9.17) is 9.16 Å². The van der Waals surface area contributed by atoms with Crippen molar-refractivity contribution in [3.8, 4) is 6.01 Å². The molecule has 0 fully saturated rings. The fraction of sp³-hybridized carbons (Fsp3) is 0.692. The van der Waals surface area contributed by atoms with E-state index in [0.717, 1.165) is 12.4 Å². The second kappa shape index (κ2) is 6.48. The van der Waals surface area contributed by atoms with Crippen molar-refractivity contribution in [2.24, 2.45) is 0 Å². The third kappa shape index (κ3) is 5.05. The SMILES string of the molecule is C[C@H](CO[Si](C)(C)C(C)(C)C)Oc1ncc([N+](=O)[O-])cn1. The van der Waals surface area contributed by atoms with Crippen LogP contribution in [-0.2, 0) is 4.43 Å². The summed E-state index contributed by atoms with van der Waals surface area (Å²) in [5.74, 6) is 0. The van der Waals surface area contributed by atoms with Crippen LogP contribution in [0.2, 0.25) is 18.1 Å². The van der Waals surface area contributed by atoms with E-state index in [2.05, 4.69) is 43.8 Å². The van der Waals surface area contributed by atoms with E-state index < -0.39 is 13.2 Å². The minimum Gasteiger partial charge on any atom is -0.458 e. The van der Waals surface area contributed by atoms with Gasteiger partial charge in [-0.25, -0.2) is 0 Å². The Morgan fingerprint density at radius 2 is 1.86 bits per heavy atom. The number of hydrogen-bond acceptors (Lipinski definition) is 6. The Morgan fingerprint density at radius 1 is 1.33 bits per heavy atom. The lowest BCUT2D eigenvalue weighted by atomic mass is 10.2. The molecule has 1 aromatic heterocycles. The predicted octanol–water partition coefficient (Wildman–Crippen LogP) is 3.17. The van der Waals surface area contributed by atoms with Crippen LogP contribution in [-0.4, -0.2) is 35.9 Å². The van der Waals surface area contributed by atoms with Gasteiger partial charge in [0.1, 0.15) is 18.5 Å². The second-order valence-corrected chi connectivity index (χ2v) is 11.3. The molecule has 0 saturated heterocycles. The van der Waals surface area contributed by atoms with Gasteiger partial charge in [-0.05, 0) is 25.1 Å². The van der Waals surface area contributed by atoms with Crippen molar-refractivity contribution in [2.45, 2.75) is 51.9 Å². The van der Waals surface area contributed by atoms with Crippen molar-refractivity contribution in [3.05, 3.63) is 22.5 Å². The summed E-state index contributed by atoms with van der Waals surface area (Å²) >= 11 is 0. The molecular weight excluding hydrogens is 290 g/mol. The first kappa shape index (κ1) is 17.5. The standard InChI is InChI=1S/C13H23N3O4Si/c1-10(9-19-21(5,6)13(2,3)4)20-12-14-7-11(8-15-12)16(17)18/h7-8,10H,9H2,1-6H3/t10-/m1/s1. The summed E-state index contributed by atoms with van der Waals surface area (Å²) in [5.41, 5.74) is -0.160. The van der Waals surface area contributed by atoms with Crippen LogP contribution >= 0.6 is 0 Å². The zero-order valence-corrected chi connectivity index (χ0v) is 14.4. The molecule has 1 heterocycles. The highest BCUT2D eigenvalue weighted by molar-refractivity contribution is 6.74. The molecule has 1 aromatic rings.